The van der Waals surface area contributed by atoms with Crippen molar-refractivity contribution >= 4 is 0 Å². The highest BCUT2D eigenvalue weighted by Gasteiger charge is 2.24. The van der Waals surface area contributed by atoms with E-state index in [0.717, 1.165) is 30.9 Å². The summed E-state index contributed by atoms with van der Waals surface area (Å²) in [5.74, 6) is 1.63. The van der Waals surface area contributed by atoms with E-state index in [4.69, 9.17) is 9.47 Å². The summed E-state index contributed by atoms with van der Waals surface area (Å²) in [5.41, 5.74) is 4.01. The first-order valence-corrected chi connectivity index (χ1v) is 7.34. The highest BCUT2D eigenvalue weighted by Crippen LogP contribution is 2.39. The number of methoxy groups -OCH3 is 2. The van der Waals surface area contributed by atoms with Gasteiger partial charge in [0.15, 0.2) is 11.5 Å². The number of nitrogens with one attached hydrogen (secondary N) is 1. The van der Waals surface area contributed by atoms with Crippen molar-refractivity contribution in [1.29, 1.82) is 0 Å². The average molecular weight is 283 g/mol. The number of ether oxygens (including phenoxy) is 2. The van der Waals surface area contributed by atoms with Gasteiger partial charge in [0.05, 0.1) is 14.2 Å². The molecule has 0 spiro atoms. The standard InChI is InChI=1S/C18H21NO2/c1-20-17-10-14-8-9-16(15(14)11-18(17)21-2)19-12-13-6-4-3-5-7-13/h3-7,10-11,16,19H,8-9,12H2,1-2H3. The van der Waals surface area contributed by atoms with Gasteiger partial charge >= 0.3 is 0 Å². The normalized spacial score (nSPS) is 16.6. The quantitative estimate of drug-likeness (QED) is 0.911. The molecule has 21 heavy (non-hydrogen) atoms. The van der Waals surface area contributed by atoms with Gasteiger partial charge in [-0.25, -0.2) is 0 Å². The number of hydrogen-bond acceptors (Lipinski definition) is 3. The van der Waals surface area contributed by atoms with Crippen LogP contribution in [0.4, 0.5) is 0 Å². The second-order valence-electron chi connectivity index (χ2n) is 5.36. The van der Waals surface area contributed by atoms with Crippen LogP contribution < -0.4 is 14.8 Å². The fourth-order valence-electron chi connectivity index (χ4n) is 2.98. The van der Waals surface area contributed by atoms with Gasteiger partial charge in [0.2, 0.25) is 0 Å². The third-order valence-corrected chi connectivity index (χ3v) is 4.12. The lowest BCUT2D eigenvalue weighted by Crippen LogP contribution is -2.18. The van der Waals surface area contributed by atoms with Crippen LogP contribution in [0.2, 0.25) is 0 Å². The van der Waals surface area contributed by atoms with Crippen LogP contribution in [0.3, 0.4) is 0 Å². The lowest BCUT2D eigenvalue weighted by molar-refractivity contribution is 0.354. The van der Waals surface area contributed by atoms with Crippen LogP contribution >= 0.6 is 0 Å². The lowest BCUT2D eigenvalue weighted by atomic mass is 10.1. The second-order valence-corrected chi connectivity index (χ2v) is 5.36. The van der Waals surface area contributed by atoms with Crippen molar-refractivity contribution in [3.8, 4) is 11.5 Å². The molecule has 0 aromatic heterocycles. The van der Waals surface area contributed by atoms with Gasteiger partial charge in [0, 0.05) is 12.6 Å². The molecule has 0 amide bonds. The summed E-state index contributed by atoms with van der Waals surface area (Å²) in [6, 6.07) is 15.1. The molecule has 1 unspecified atom stereocenters. The average Bonchev–Trinajstić information content (AvgIpc) is 2.94. The van der Waals surface area contributed by atoms with Gasteiger partial charge in [0.1, 0.15) is 0 Å². The summed E-state index contributed by atoms with van der Waals surface area (Å²) in [7, 11) is 3.37. The maximum Gasteiger partial charge on any atom is 0.161 e. The van der Waals surface area contributed by atoms with Crippen molar-refractivity contribution < 1.29 is 9.47 Å². The Balaban J connectivity index is 1.77. The molecular weight excluding hydrogens is 262 g/mol. The van der Waals surface area contributed by atoms with Crippen LogP contribution in [-0.2, 0) is 13.0 Å². The zero-order valence-electron chi connectivity index (χ0n) is 12.6. The smallest absolute Gasteiger partial charge is 0.161 e. The molecule has 3 heteroatoms. The van der Waals surface area contributed by atoms with Crippen molar-refractivity contribution in [1.82, 2.24) is 5.32 Å². The van der Waals surface area contributed by atoms with Gasteiger partial charge < -0.3 is 14.8 Å². The Morgan fingerprint density at radius 1 is 1.05 bits per heavy atom. The van der Waals surface area contributed by atoms with Crippen LogP contribution in [0, 0.1) is 0 Å². The molecule has 2 aromatic rings. The summed E-state index contributed by atoms with van der Waals surface area (Å²) in [5, 5.41) is 3.65. The first-order valence-electron chi connectivity index (χ1n) is 7.34. The molecule has 1 atom stereocenters. The minimum absolute atomic E-state index is 0.389. The SMILES string of the molecule is COc1cc2c(cc1OC)C(NCc1ccccc1)CC2. The number of benzene rings is 2. The monoisotopic (exact) mass is 283 g/mol. The van der Waals surface area contributed by atoms with Crippen LogP contribution in [0.1, 0.15) is 29.2 Å². The first-order chi connectivity index (χ1) is 10.3. The third kappa shape index (κ3) is 2.88. The summed E-state index contributed by atoms with van der Waals surface area (Å²) in [4.78, 5) is 0. The molecular formula is C18H21NO2. The van der Waals surface area contributed by atoms with Crippen LogP contribution in [0.5, 0.6) is 11.5 Å². The lowest BCUT2D eigenvalue weighted by Gasteiger charge is -2.16. The summed E-state index contributed by atoms with van der Waals surface area (Å²) in [6.07, 6.45) is 2.21. The minimum Gasteiger partial charge on any atom is -0.493 e. The Kier molecular flexibility index (Phi) is 4.11. The van der Waals surface area contributed by atoms with Crippen molar-refractivity contribution in [2.75, 3.05) is 14.2 Å². The fraction of sp³-hybridized carbons (Fsp3) is 0.333. The van der Waals surface area contributed by atoms with E-state index >= 15 is 0 Å². The van der Waals surface area contributed by atoms with Crippen molar-refractivity contribution in [2.24, 2.45) is 0 Å². The van der Waals surface area contributed by atoms with E-state index in [0.29, 0.717) is 6.04 Å². The molecule has 0 aliphatic heterocycles. The summed E-state index contributed by atoms with van der Waals surface area (Å²) in [6.45, 7) is 0.888. The van der Waals surface area contributed by atoms with E-state index < -0.39 is 0 Å². The van der Waals surface area contributed by atoms with Crippen molar-refractivity contribution in [3.63, 3.8) is 0 Å². The number of rotatable bonds is 5. The Bertz CT molecular complexity index is 610. The zero-order valence-corrected chi connectivity index (χ0v) is 12.6. The van der Waals surface area contributed by atoms with Gasteiger partial charge in [-0.2, -0.15) is 0 Å². The third-order valence-electron chi connectivity index (χ3n) is 4.12. The van der Waals surface area contributed by atoms with E-state index in [9.17, 15) is 0 Å². The molecule has 0 saturated carbocycles. The zero-order chi connectivity index (χ0) is 14.7. The summed E-state index contributed by atoms with van der Waals surface area (Å²) >= 11 is 0. The fourth-order valence-corrected chi connectivity index (χ4v) is 2.98. The van der Waals surface area contributed by atoms with Crippen LogP contribution in [-0.4, -0.2) is 14.2 Å². The molecule has 3 rings (SSSR count). The molecule has 0 heterocycles. The van der Waals surface area contributed by atoms with E-state index in [1.54, 1.807) is 14.2 Å². The summed E-state index contributed by atoms with van der Waals surface area (Å²) < 4.78 is 10.8. The molecule has 110 valence electrons. The van der Waals surface area contributed by atoms with Crippen molar-refractivity contribution in [2.45, 2.75) is 25.4 Å². The highest BCUT2D eigenvalue weighted by atomic mass is 16.5. The minimum atomic E-state index is 0.389. The predicted octanol–water partition coefficient (Wildman–Crippen LogP) is 3.48. The Labute approximate surface area is 125 Å². The van der Waals surface area contributed by atoms with Gasteiger partial charge in [-0.3, -0.25) is 0 Å². The van der Waals surface area contributed by atoms with E-state index in [-0.39, 0.29) is 0 Å². The predicted molar refractivity (Wildman–Crippen MR) is 83.9 cm³/mol. The topological polar surface area (TPSA) is 30.5 Å². The number of aryl methyl sites for hydroxylation is 1. The molecule has 0 saturated heterocycles. The van der Waals surface area contributed by atoms with Crippen LogP contribution in [0.15, 0.2) is 42.5 Å². The van der Waals surface area contributed by atoms with E-state index in [2.05, 4.69) is 41.7 Å². The van der Waals surface area contributed by atoms with Gasteiger partial charge in [-0.1, -0.05) is 30.3 Å². The van der Waals surface area contributed by atoms with E-state index in [1.165, 1.54) is 16.7 Å². The molecule has 1 aliphatic carbocycles. The molecule has 1 aliphatic rings. The maximum atomic E-state index is 5.42. The molecule has 0 bridgehead atoms. The maximum absolute atomic E-state index is 5.42. The Morgan fingerprint density at radius 2 is 1.76 bits per heavy atom. The second kappa shape index (κ2) is 6.19. The number of hydrogen-bond donors (Lipinski definition) is 1. The number of fused-ring (bicyclic) bond motifs is 1. The van der Waals surface area contributed by atoms with Gasteiger partial charge in [0.25, 0.3) is 0 Å². The van der Waals surface area contributed by atoms with Gasteiger partial charge in [-0.05, 0) is 41.7 Å². The molecule has 1 N–H and O–H groups in total. The first kappa shape index (κ1) is 14.0. The van der Waals surface area contributed by atoms with E-state index in [1.807, 2.05) is 6.07 Å². The molecule has 2 aromatic carbocycles. The highest BCUT2D eigenvalue weighted by molar-refractivity contribution is 5.50. The molecule has 3 nitrogen and oxygen atoms in total. The molecule has 0 fully saturated rings. The molecule has 0 radical (unpaired) electrons. The Morgan fingerprint density at radius 3 is 2.48 bits per heavy atom. The van der Waals surface area contributed by atoms with Crippen molar-refractivity contribution in [3.05, 3.63) is 59.2 Å². The van der Waals surface area contributed by atoms with Crippen LogP contribution in [0.25, 0.3) is 0 Å². The largest absolute Gasteiger partial charge is 0.493 e. The Hall–Kier alpha value is -2.00. The van der Waals surface area contributed by atoms with Gasteiger partial charge in [-0.15, -0.1) is 0 Å².